The van der Waals surface area contributed by atoms with E-state index < -0.39 is 0 Å². The van der Waals surface area contributed by atoms with Gasteiger partial charge in [0.05, 0.1) is 0 Å². The van der Waals surface area contributed by atoms with Gasteiger partial charge >= 0.3 is 0 Å². The van der Waals surface area contributed by atoms with Gasteiger partial charge in [0.2, 0.25) is 5.91 Å². The van der Waals surface area contributed by atoms with E-state index in [2.05, 4.69) is 10.6 Å². The van der Waals surface area contributed by atoms with E-state index in [-0.39, 0.29) is 17.7 Å². The maximum absolute atomic E-state index is 12.2. The first kappa shape index (κ1) is 18.7. The molecule has 0 bridgehead atoms. The molecule has 0 aromatic heterocycles. The molecule has 2 amide bonds. The van der Waals surface area contributed by atoms with Gasteiger partial charge in [0, 0.05) is 24.6 Å². The van der Waals surface area contributed by atoms with Crippen molar-refractivity contribution in [3.63, 3.8) is 0 Å². The van der Waals surface area contributed by atoms with Crippen LogP contribution in [0.25, 0.3) is 11.1 Å². The molecule has 2 aromatic rings. The molecule has 2 N–H and O–H groups in total. The predicted octanol–water partition coefficient (Wildman–Crippen LogP) is 3.64. The summed E-state index contributed by atoms with van der Waals surface area (Å²) in [6.45, 7) is 4.89. The third-order valence-electron chi connectivity index (χ3n) is 4.32. The van der Waals surface area contributed by atoms with Crippen molar-refractivity contribution in [2.24, 2.45) is 5.92 Å². The zero-order chi connectivity index (χ0) is 18.1. The summed E-state index contributed by atoms with van der Waals surface area (Å²) in [5.74, 6) is -0.0101. The van der Waals surface area contributed by atoms with Crippen LogP contribution in [0.3, 0.4) is 0 Å². The van der Waals surface area contributed by atoms with Crippen LogP contribution >= 0.6 is 0 Å². The second-order valence-corrected chi connectivity index (χ2v) is 6.00. The lowest BCUT2D eigenvalue weighted by molar-refractivity contribution is -0.125. The molecule has 0 heterocycles. The fourth-order valence-corrected chi connectivity index (χ4v) is 2.71. The molecule has 0 aliphatic heterocycles. The second-order valence-electron chi connectivity index (χ2n) is 6.00. The number of nitrogens with one attached hydrogen (secondary N) is 2. The largest absolute Gasteiger partial charge is 0.354 e. The van der Waals surface area contributed by atoms with E-state index >= 15 is 0 Å². The Morgan fingerprint density at radius 3 is 1.96 bits per heavy atom. The van der Waals surface area contributed by atoms with E-state index in [0.717, 1.165) is 24.0 Å². The summed E-state index contributed by atoms with van der Waals surface area (Å²) in [6.07, 6.45) is 1.67. The van der Waals surface area contributed by atoms with Crippen LogP contribution in [-0.4, -0.2) is 24.9 Å². The van der Waals surface area contributed by atoms with E-state index in [1.807, 2.05) is 68.4 Å². The monoisotopic (exact) mass is 338 g/mol. The summed E-state index contributed by atoms with van der Waals surface area (Å²) in [6, 6.07) is 17.6. The van der Waals surface area contributed by atoms with Gasteiger partial charge in [-0.3, -0.25) is 9.59 Å². The molecule has 0 atom stereocenters. The first-order valence-corrected chi connectivity index (χ1v) is 8.87. The van der Waals surface area contributed by atoms with E-state index in [4.69, 9.17) is 0 Å². The average Bonchev–Trinajstić information content (AvgIpc) is 2.67. The van der Waals surface area contributed by atoms with E-state index in [1.165, 1.54) is 0 Å². The summed E-state index contributed by atoms with van der Waals surface area (Å²) >= 11 is 0. The molecule has 0 saturated carbocycles. The van der Waals surface area contributed by atoms with Gasteiger partial charge in [0.15, 0.2) is 0 Å². The quantitative estimate of drug-likeness (QED) is 0.722. The summed E-state index contributed by atoms with van der Waals surface area (Å²) in [4.78, 5) is 24.0. The lowest BCUT2D eigenvalue weighted by Crippen LogP contribution is -2.37. The number of benzene rings is 2. The van der Waals surface area contributed by atoms with Gasteiger partial charge in [0.1, 0.15) is 0 Å². The van der Waals surface area contributed by atoms with Gasteiger partial charge in [-0.05, 0) is 36.1 Å². The topological polar surface area (TPSA) is 58.2 Å². The number of hydrogen-bond acceptors (Lipinski definition) is 2. The van der Waals surface area contributed by atoms with Crippen LogP contribution in [0.2, 0.25) is 0 Å². The fraction of sp³-hybridized carbons (Fsp3) is 0.333. The van der Waals surface area contributed by atoms with Crippen LogP contribution in [0.15, 0.2) is 54.6 Å². The van der Waals surface area contributed by atoms with Crippen LogP contribution in [-0.2, 0) is 4.79 Å². The van der Waals surface area contributed by atoms with E-state index in [0.29, 0.717) is 18.7 Å². The Morgan fingerprint density at radius 1 is 0.800 bits per heavy atom. The van der Waals surface area contributed by atoms with Crippen molar-refractivity contribution in [3.05, 3.63) is 60.2 Å². The Kier molecular flexibility index (Phi) is 7.20. The standard InChI is InChI=1S/C21H26N2O2/c1-3-16(4-2)20(24)22-14-15-23-21(25)19-12-10-18(11-13-19)17-8-6-5-7-9-17/h5-13,16H,3-4,14-15H2,1-2H3,(H,22,24)(H,23,25). The van der Waals surface area contributed by atoms with Crippen LogP contribution in [0, 0.1) is 5.92 Å². The number of hydrogen-bond donors (Lipinski definition) is 2. The minimum atomic E-state index is -0.128. The third kappa shape index (κ3) is 5.45. The van der Waals surface area contributed by atoms with Gasteiger partial charge in [-0.1, -0.05) is 56.3 Å². The molecule has 0 aliphatic carbocycles. The molecular weight excluding hydrogens is 312 g/mol. The lowest BCUT2D eigenvalue weighted by atomic mass is 10.0. The minimum Gasteiger partial charge on any atom is -0.354 e. The van der Waals surface area contributed by atoms with Gasteiger partial charge in [0.25, 0.3) is 5.91 Å². The molecule has 2 rings (SSSR count). The zero-order valence-corrected chi connectivity index (χ0v) is 14.9. The van der Waals surface area contributed by atoms with Crippen molar-refractivity contribution in [2.75, 3.05) is 13.1 Å². The molecular formula is C21H26N2O2. The molecule has 0 fully saturated rings. The van der Waals surface area contributed by atoms with Crippen LogP contribution < -0.4 is 10.6 Å². The highest BCUT2D eigenvalue weighted by Gasteiger charge is 2.13. The number of rotatable bonds is 8. The fourth-order valence-electron chi connectivity index (χ4n) is 2.71. The summed E-state index contributed by atoms with van der Waals surface area (Å²) < 4.78 is 0. The maximum Gasteiger partial charge on any atom is 0.251 e. The molecule has 4 heteroatoms. The molecule has 0 saturated heterocycles. The zero-order valence-electron chi connectivity index (χ0n) is 14.9. The third-order valence-corrected chi connectivity index (χ3v) is 4.32. The summed E-state index contributed by atoms with van der Waals surface area (Å²) in [5.41, 5.74) is 2.82. The average molecular weight is 338 g/mol. The number of carbonyl (C=O) groups is 2. The van der Waals surface area contributed by atoms with Crippen molar-refractivity contribution in [2.45, 2.75) is 26.7 Å². The molecule has 132 valence electrons. The van der Waals surface area contributed by atoms with Crippen LogP contribution in [0.4, 0.5) is 0 Å². The summed E-state index contributed by atoms with van der Waals surface area (Å²) in [5, 5.41) is 5.70. The Hall–Kier alpha value is -2.62. The van der Waals surface area contributed by atoms with Gasteiger partial charge in [-0.25, -0.2) is 0 Å². The maximum atomic E-state index is 12.2. The van der Waals surface area contributed by atoms with Crippen LogP contribution in [0.5, 0.6) is 0 Å². The molecule has 25 heavy (non-hydrogen) atoms. The second kappa shape index (κ2) is 9.62. The van der Waals surface area contributed by atoms with Crippen molar-refractivity contribution < 1.29 is 9.59 Å². The first-order chi connectivity index (χ1) is 12.2. The molecule has 0 spiro atoms. The highest BCUT2D eigenvalue weighted by atomic mass is 16.2. The van der Waals surface area contributed by atoms with Crippen molar-refractivity contribution in [3.8, 4) is 11.1 Å². The minimum absolute atomic E-state index is 0.0567. The van der Waals surface area contributed by atoms with E-state index in [1.54, 1.807) is 0 Å². The van der Waals surface area contributed by atoms with Crippen molar-refractivity contribution in [1.29, 1.82) is 0 Å². The first-order valence-electron chi connectivity index (χ1n) is 8.87. The molecule has 0 unspecified atom stereocenters. The smallest absolute Gasteiger partial charge is 0.251 e. The molecule has 0 aliphatic rings. The highest BCUT2D eigenvalue weighted by Crippen LogP contribution is 2.19. The number of carbonyl (C=O) groups excluding carboxylic acids is 2. The molecule has 4 nitrogen and oxygen atoms in total. The molecule has 2 aromatic carbocycles. The predicted molar refractivity (Wildman–Crippen MR) is 101 cm³/mol. The van der Waals surface area contributed by atoms with Gasteiger partial charge in [-0.2, -0.15) is 0 Å². The highest BCUT2D eigenvalue weighted by molar-refractivity contribution is 5.94. The SMILES string of the molecule is CCC(CC)C(=O)NCCNC(=O)c1ccc(-c2ccccc2)cc1. The van der Waals surface area contributed by atoms with Gasteiger partial charge in [-0.15, -0.1) is 0 Å². The molecule has 0 radical (unpaired) electrons. The Labute approximate surface area is 149 Å². The van der Waals surface area contributed by atoms with Crippen molar-refractivity contribution in [1.82, 2.24) is 10.6 Å². The Bertz CT molecular complexity index is 677. The van der Waals surface area contributed by atoms with E-state index in [9.17, 15) is 9.59 Å². The Morgan fingerprint density at radius 2 is 1.36 bits per heavy atom. The van der Waals surface area contributed by atoms with Crippen LogP contribution in [0.1, 0.15) is 37.0 Å². The lowest BCUT2D eigenvalue weighted by Gasteiger charge is -2.13. The number of amides is 2. The van der Waals surface area contributed by atoms with Gasteiger partial charge < -0.3 is 10.6 Å². The summed E-state index contributed by atoms with van der Waals surface area (Å²) in [7, 11) is 0. The van der Waals surface area contributed by atoms with Crippen molar-refractivity contribution >= 4 is 11.8 Å². The Balaban J connectivity index is 1.80. The normalized spacial score (nSPS) is 10.5.